The molecule has 0 N–H and O–H groups in total. The zero-order valence-corrected chi connectivity index (χ0v) is 18.5. The third-order valence-electron chi connectivity index (χ3n) is 6.16. The Morgan fingerprint density at radius 3 is 2.53 bits per heavy atom. The molecule has 0 aliphatic carbocycles. The Kier molecular flexibility index (Phi) is 4.65. The number of likely N-dealkylation sites (N-methyl/N-ethyl adjacent to an activating group) is 1. The highest BCUT2D eigenvalue weighted by molar-refractivity contribution is 6.09. The van der Waals surface area contributed by atoms with Crippen molar-refractivity contribution in [2.75, 3.05) is 19.1 Å². The summed E-state index contributed by atoms with van der Waals surface area (Å²) in [5.74, 6) is 1.13. The highest BCUT2D eigenvalue weighted by Gasteiger charge is 2.54. The number of imide groups is 1. The minimum absolute atomic E-state index is 0.233. The van der Waals surface area contributed by atoms with Gasteiger partial charge in [-0.15, -0.1) is 0 Å². The lowest BCUT2D eigenvalue weighted by molar-refractivity contribution is -0.137. The number of aliphatic imine (C=N–C) groups is 1. The third-order valence-corrected chi connectivity index (χ3v) is 6.16. The summed E-state index contributed by atoms with van der Waals surface area (Å²) in [6.07, 6.45) is 1.35. The second-order valence-electron chi connectivity index (χ2n) is 8.31. The lowest BCUT2D eigenvalue weighted by Gasteiger charge is -2.40. The van der Waals surface area contributed by atoms with Gasteiger partial charge in [0.25, 0.3) is 5.91 Å². The Morgan fingerprint density at radius 2 is 1.81 bits per heavy atom. The molecule has 0 radical (unpaired) electrons. The molecule has 3 amide bonds. The van der Waals surface area contributed by atoms with Gasteiger partial charge >= 0.3 is 6.03 Å². The smallest absolute Gasteiger partial charge is 0.328 e. The van der Waals surface area contributed by atoms with Crippen LogP contribution >= 0.6 is 0 Å². The van der Waals surface area contributed by atoms with Crippen LogP contribution in [0.15, 0.2) is 65.4 Å². The van der Waals surface area contributed by atoms with Crippen LogP contribution < -0.4 is 9.64 Å². The highest BCUT2D eigenvalue weighted by atomic mass is 16.5. The number of carbonyl (C=O) groups is 2. The van der Waals surface area contributed by atoms with Crippen molar-refractivity contribution in [1.82, 2.24) is 14.7 Å². The predicted molar refractivity (Wildman–Crippen MR) is 121 cm³/mol. The first-order chi connectivity index (χ1) is 15.4. The van der Waals surface area contributed by atoms with E-state index in [9.17, 15) is 9.59 Å². The van der Waals surface area contributed by atoms with E-state index in [-0.39, 0.29) is 18.5 Å². The number of hydrogen-bond acceptors (Lipinski definition) is 6. The normalized spacial score (nSPS) is 22.1. The van der Waals surface area contributed by atoms with E-state index < -0.39 is 12.2 Å². The number of nitrogens with zero attached hydrogens (tertiary/aromatic N) is 5. The average molecular weight is 431 g/mol. The maximum Gasteiger partial charge on any atom is 0.328 e. The summed E-state index contributed by atoms with van der Waals surface area (Å²) in [7, 11) is 3.33. The van der Waals surface area contributed by atoms with E-state index in [1.165, 1.54) is 4.90 Å². The fourth-order valence-corrected chi connectivity index (χ4v) is 4.44. The number of rotatable bonds is 4. The fourth-order valence-electron chi connectivity index (χ4n) is 4.44. The largest absolute Gasteiger partial charge is 0.497 e. The van der Waals surface area contributed by atoms with Crippen LogP contribution in [0.2, 0.25) is 0 Å². The number of methoxy groups -OCH3 is 1. The number of fused-ring (bicyclic) bond motifs is 3. The molecular formula is C24H25N5O3. The molecule has 0 spiro atoms. The predicted octanol–water partition coefficient (Wildman–Crippen LogP) is 3.15. The van der Waals surface area contributed by atoms with E-state index in [0.717, 1.165) is 28.3 Å². The van der Waals surface area contributed by atoms with E-state index in [2.05, 4.69) is 0 Å². The van der Waals surface area contributed by atoms with E-state index in [4.69, 9.17) is 9.73 Å². The first kappa shape index (κ1) is 20.1. The Balaban J connectivity index is 1.47. The lowest BCUT2D eigenvalue weighted by Crippen LogP contribution is -2.63. The molecule has 2 aromatic rings. The number of urea groups is 1. The summed E-state index contributed by atoms with van der Waals surface area (Å²) in [5.41, 5.74) is 3.87. The Bertz CT molecular complexity index is 1160. The van der Waals surface area contributed by atoms with Gasteiger partial charge in [-0.3, -0.25) is 14.6 Å². The highest BCUT2D eigenvalue weighted by Crippen LogP contribution is 2.37. The lowest BCUT2D eigenvalue weighted by atomic mass is 10.1. The number of allylic oxidation sites excluding steroid dienone is 1. The van der Waals surface area contributed by atoms with E-state index in [1.54, 1.807) is 19.1 Å². The van der Waals surface area contributed by atoms with Crippen LogP contribution in [0, 0.1) is 6.92 Å². The van der Waals surface area contributed by atoms with Gasteiger partial charge in [-0.25, -0.2) is 9.79 Å². The van der Waals surface area contributed by atoms with Crippen molar-refractivity contribution in [2.45, 2.75) is 32.6 Å². The number of benzene rings is 2. The average Bonchev–Trinajstić information content (AvgIpc) is 3.31. The number of carbonyl (C=O) groups excluding carboxylic acids is 2. The molecule has 3 heterocycles. The van der Waals surface area contributed by atoms with Gasteiger partial charge < -0.3 is 14.5 Å². The van der Waals surface area contributed by atoms with Gasteiger partial charge in [-0.2, -0.15) is 0 Å². The van der Waals surface area contributed by atoms with Crippen molar-refractivity contribution in [3.8, 4) is 5.75 Å². The summed E-state index contributed by atoms with van der Waals surface area (Å²) >= 11 is 0. The molecule has 8 nitrogen and oxygen atoms in total. The van der Waals surface area contributed by atoms with Gasteiger partial charge in [-0.05, 0) is 31.5 Å². The molecular weight excluding hydrogens is 406 g/mol. The van der Waals surface area contributed by atoms with Gasteiger partial charge in [0.05, 0.1) is 19.3 Å². The van der Waals surface area contributed by atoms with Crippen LogP contribution in [-0.2, 0) is 11.3 Å². The van der Waals surface area contributed by atoms with Crippen LogP contribution in [0.25, 0.3) is 0 Å². The van der Waals surface area contributed by atoms with Gasteiger partial charge in [0.1, 0.15) is 5.75 Å². The molecule has 2 atom stereocenters. The molecule has 164 valence electrons. The SMILES string of the molecule is COc1cccc(N2C(C)=CN3C2=NC2C3C(=O)N(Cc3ccc(C)cc3)C(=O)N2C)c1. The molecule has 3 aliphatic rings. The molecule has 2 aromatic carbocycles. The molecule has 2 unspecified atom stereocenters. The Hall–Kier alpha value is -3.81. The van der Waals surface area contributed by atoms with Crippen LogP contribution in [0.4, 0.5) is 10.5 Å². The number of aryl methyl sites for hydroxylation is 1. The van der Waals surface area contributed by atoms with Crippen LogP contribution in [0.3, 0.4) is 0 Å². The Labute approximate surface area is 187 Å². The first-order valence-electron chi connectivity index (χ1n) is 10.5. The maximum absolute atomic E-state index is 13.5. The third kappa shape index (κ3) is 3.02. The molecule has 5 rings (SSSR count). The maximum atomic E-state index is 13.5. The zero-order chi connectivity index (χ0) is 22.6. The van der Waals surface area contributed by atoms with Crippen LogP contribution in [-0.4, -0.2) is 59.0 Å². The van der Waals surface area contributed by atoms with E-state index in [1.807, 2.05) is 78.4 Å². The molecule has 3 aliphatic heterocycles. The molecule has 0 aromatic heterocycles. The van der Waals surface area contributed by atoms with Crippen molar-refractivity contribution in [1.29, 1.82) is 0 Å². The second-order valence-corrected chi connectivity index (χ2v) is 8.31. The quantitative estimate of drug-likeness (QED) is 0.744. The molecule has 32 heavy (non-hydrogen) atoms. The standard InChI is InChI=1S/C24H25N5O3/c1-15-8-10-17(11-9-15)14-28-22(30)20-21(26(3)24(28)31)25-23-27(20)13-16(2)29(23)18-6-5-7-19(12-18)32-4/h5-13,20-21H,14H2,1-4H3. The minimum atomic E-state index is -0.594. The monoisotopic (exact) mass is 431 g/mol. The number of guanidine groups is 1. The summed E-state index contributed by atoms with van der Waals surface area (Å²) in [6, 6.07) is 14.6. The van der Waals surface area contributed by atoms with Gasteiger partial charge in [-0.1, -0.05) is 35.9 Å². The number of anilines is 1. The fraction of sp³-hybridized carbons (Fsp3) is 0.292. The van der Waals surface area contributed by atoms with Gasteiger partial charge in [0.2, 0.25) is 5.96 Å². The summed E-state index contributed by atoms with van der Waals surface area (Å²) in [5, 5.41) is 0. The molecule has 8 heteroatoms. The number of amides is 3. The molecule has 0 saturated carbocycles. The number of ether oxygens (including phenoxy) is 1. The van der Waals surface area contributed by atoms with Gasteiger partial charge in [0, 0.05) is 25.0 Å². The van der Waals surface area contributed by atoms with Crippen LogP contribution in [0.1, 0.15) is 18.1 Å². The van der Waals surface area contributed by atoms with Crippen molar-refractivity contribution in [3.05, 3.63) is 71.6 Å². The number of hydrogen-bond donors (Lipinski definition) is 0. The summed E-state index contributed by atoms with van der Waals surface area (Å²) in [4.78, 5) is 38.1. The minimum Gasteiger partial charge on any atom is -0.497 e. The van der Waals surface area contributed by atoms with Crippen LogP contribution in [0.5, 0.6) is 5.75 Å². The van der Waals surface area contributed by atoms with Crippen molar-refractivity contribution >= 4 is 23.6 Å². The van der Waals surface area contributed by atoms with Crippen molar-refractivity contribution < 1.29 is 14.3 Å². The van der Waals surface area contributed by atoms with Gasteiger partial charge in [0.15, 0.2) is 12.2 Å². The van der Waals surface area contributed by atoms with Crippen molar-refractivity contribution in [2.24, 2.45) is 4.99 Å². The zero-order valence-electron chi connectivity index (χ0n) is 18.5. The van der Waals surface area contributed by atoms with E-state index in [0.29, 0.717) is 5.96 Å². The first-order valence-corrected chi connectivity index (χ1v) is 10.5. The summed E-state index contributed by atoms with van der Waals surface area (Å²) < 4.78 is 5.37. The second kappa shape index (κ2) is 7.40. The Morgan fingerprint density at radius 1 is 1.06 bits per heavy atom. The van der Waals surface area contributed by atoms with Crippen molar-refractivity contribution in [3.63, 3.8) is 0 Å². The van der Waals surface area contributed by atoms with E-state index >= 15 is 0 Å². The topological polar surface area (TPSA) is 68.7 Å². The molecule has 1 fully saturated rings. The summed E-state index contributed by atoms with van der Waals surface area (Å²) in [6.45, 7) is 4.21. The molecule has 0 bridgehead atoms. The molecule has 1 saturated heterocycles.